The summed E-state index contributed by atoms with van der Waals surface area (Å²) in [4.78, 5) is 7.64. The molecule has 1 aromatic rings. The molecule has 2 fully saturated rings. The Hall–Kier alpha value is -1.50. The summed E-state index contributed by atoms with van der Waals surface area (Å²) in [6.07, 6.45) is 2.72. The number of rotatable bonds is 7. The number of hydrogen-bond acceptors (Lipinski definition) is 6. The smallest absolute Gasteiger partial charge is 0.203 e. The zero-order valence-electron chi connectivity index (χ0n) is 15.8. The summed E-state index contributed by atoms with van der Waals surface area (Å²) in [6, 6.07) is 4.04. The van der Waals surface area contributed by atoms with Gasteiger partial charge in [-0.15, -0.1) is 0 Å². The van der Waals surface area contributed by atoms with Gasteiger partial charge < -0.3 is 14.2 Å². The van der Waals surface area contributed by atoms with Crippen LogP contribution < -0.4 is 14.2 Å². The van der Waals surface area contributed by atoms with Gasteiger partial charge in [0, 0.05) is 38.3 Å². The number of likely N-dealkylation sites (tertiary alicyclic amines) is 1. The minimum Gasteiger partial charge on any atom is -0.493 e. The van der Waals surface area contributed by atoms with Crippen molar-refractivity contribution in [3.8, 4) is 17.2 Å². The summed E-state index contributed by atoms with van der Waals surface area (Å²) in [6.45, 7) is 8.98. The molecule has 3 rings (SSSR count). The Bertz CT molecular complexity index is 553. The third-order valence-electron chi connectivity index (χ3n) is 5.24. The second kappa shape index (κ2) is 8.74. The third kappa shape index (κ3) is 4.37. The van der Waals surface area contributed by atoms with Crippen LogP contribution in [0.15, 0.2) is 12.1 Å². The summed E-state index contributed by atoms with van der Waals surface area (Å²) in [5.41, 5.74) is 1.15. The molecule has 0 atom stereocenters. The lowest BCUT2D eigenvalue weighted by Crippen LogP contribution is -2.49. The zero-order chi connectivity index (χ0) is 17.6. The third-order valence-corrected chi connectivity index (χ3v) is 5.24. The van der Waals surface area contributed by atoms with Gasteiger partial charge in [-0.05, 0) is 32.0 Å². The van der Waals surface area contributed by atoms with E-state index in [1.165, 1.54) is 25.9 Å². The number of methoxy groups -OCH3 is 3. The number of ether oxygens (including phenoxy) is 3. The highest BCUT2D eigenvalue weighted by Gasteiger charge is 2.23. The molecule has 0 spiro atoms. The standard InChI is InChI=1S/C19H31N3O3/c1-23-17-7-6-16(18(24-2)19(17)25-3)14-20-10-12-22(13-11-20)15-21-8-4-5-9-21/h6-7H,4-5,8-15H2,1-3H3. The highest BCUT2D eigenvalue weighted by Crippen LogP contribution is 2.40. The normalized spacial score (nSPS) is 20.0. The number of hydrogen-bond donors (Lipinski definition) is 0. The Morgan fingerprint density at radius 1 is 0.720 bits per heavy atom. The lowest BCUT2D eigenvalue weighted by molar-refractivity contribution is 0.0801. The Morgan fingerprint density at radius 2 is 1.32 bits per heavy atom. The molecule has 6 heteroatoms. The van der Waals surface area contributed by atoms with Gasteiger partial charge in [0.25, 0.3) is 0 Å². The maximum absolute atomic E-state index is 5.61. The molecule has 6 nitrogen and oxygen atoms in total. The fourth-order valence-electron chi connectivity index (χ4n) is 3.82. The Balaban J connectivity index is 1.58. The first-order valence-corrected chi connectivity index (χ1v) is 9.20. The highest BCUT2D eigenvalue weighted by molar-refractivity contribution is 5.55. The van der Waals surface area contributed by atoms with Crippen molar-refractivity contribution in [2.75, 3.05) is 67.3 Å². The first kappa shape index (κ1) is 18.3. The summed E-state index contributed by atoms with van der Waals surface area (Å²) < 4.78 is 16.5. The fraction of sp³-hybridized carbons (Fsp3) is 0.684. The number of piperazine rings is 1. The summed E-state index contributed by atoms with van der Waals surface area (Å²) in [5.74, 6) is 2.16. The second-order valence-corrected chi connectivity index (χ2v) is 6.85. The molecule has 140 valence electrons. The van der Waals surface area contributed by atoms with Crippen molar-refractivity contribution in [2.24, 2.45) is 0 Å². The molecule has 2 aliphatic rings. The van der Waals surface area contributed by atoms with E-state index in [9.17, 15) is 0 Å². The van der Waals surface area contributed by atoms with Gasteiger partial charge in [-0.3, -0.25) is 14.7 Å². The molecule has 2 heterocycles. The lowest BCUT2D eigenvalue weighted by Gasteiger charge is -2.36. The largest absolute Gasteiger partial charge is 0.493 e. The minimum absolute atomic E-state index is 0.676. The quantitative estimate of drug-likeness (QED) is 0.748. The lowest BCUT2D eigenvalue weighted by atomic mass is 10.1. The minimum atomic E-state index is 0.676. The summed E-state index contributed by atoms with van der Waals surface area (Å²) >= 11 is 0. The molecule has 2 aliphatic heterocycles. The molecule has 2 saturated heterocycles. The van der Waals surface area contributed by atoms with Crippen molar-refractivity contribution in [2.45, 2.75) is 19.4 Å². The average molecular weight is 349 g/mol. The van der Waals surface area contributed by atoms with Gasteiger partial charge in [-0.2, -0.15) is 0 Å². The van der Waals surface area contributed by atoms with Crippen LogP contribution in [0, 0.1) is 0 Å². The van der Waals surface area contributed by atoms with E-state index >= 15 is 0 Å². The second-order valence-electron chi connectivity index (χ2n) is 6.85. The fourth-order valence-corrected chi connectivity index (χ4v) is 3.82. The van der Waals surface area contributed by atoms with Crippen LogP contribution in [-0.2, 0) is 6.54 Å². The van der Waals surface area contributed by atoms with E-state index in [-0.39, 0.29) is 0 Å². The van der Waals surface area contributed by atoms with Gasteiger partial charge in [0.1, 0.15) is 0 Å². The van der Waals surface area contributed by atoms with Crippen LogP contribution in [-0.4, -0.2) is 82.0 Å². The topological polar surface area (TPSA) is 37.4 Å². The Labute approximate surface area is 151 Å². The number of nitrogens with zero attached hydrogens (tertiary/aromatic N) is 3. The Morgan fingerprint density at radius 3 is 1.92 bits per heavy atom. The van der Waals surface area contributed by atoms with Crippen LogP contribution in [0.2, 0.25) is 0 Å². The van der Waals surface area contributed by atoms with Gasteiger partial charge in [-0.1, -0.05) is 6.07 Å². The maximum atomic E-state index is 5.61. The SMILES string of the molecule is COc1ccc(CN2CCN(CN3CCCC3)CC2)c(OC)c1OC. The predicted octanol–water partition coefficient (Wildman–Crippen LogP) is 1.88. The molecular weight excluding hydrogens is 318 g/mol. The molecule has 0 unspecified atom stereocenters. The first-order chi connectivity index (χ1) is 12.2. The molecule has 0 amide bonds. The van der Waals surface area contributed by atoms with Gasteiger partial charge in [-0.25, -0.2) is 0 Å². The maximum Gasteiger partial charge on any atom is 0.203 e. The van der Waals surface area contributed by atoms with E-state index in [1.807, 2.05) is 6.07 Å². The molecule has 0 aromatic heterocycles. The van der Waals surface area contributed by atoms with Gasteiger partial charge in [0.15, 0.2) is 11.5 Å². The average Bonchev–Trinajstić information content (AvgIpc) is 3.15. The van der Waals surface area contributed by atoms with E-state index in [0.29, 0.717) is 11.5 Å². The first-order valence-electron chi connectivity index (χ1n) is 9.20. The zero-order valence-corrected chi connectivity index (χ0v) is 15.8. The molecule has 0 saturated carbocycles. The summed E-state index contributed by atoms with van der Waals surface area (Å²) in [7, 11) is 4.99. The summed E-state index contributed by atoms with van der Waals surface area (Å²) in [5, 5.41) is 0. The van der Waals surface area contributed by atoms with E-state index in [0.717, 1.165) is 50.7 Å². The van der Waals surface area contributed by atoms with E-state index in [1.54, 1.807) is 21.3 Å². The van der Waals surface area contributed by atoms with Crippen LogP contribution in [0.25, 0.3) is 0 Å². The van der Waals surface area contributed by atoms with Crippen molar-refractivity contribution in [3.05, 3.63) is 17.7 Å². The molecule has 25 heavy (non-hydrogen) atoms. The van der Waals surface area contributed by atoms with Crippen molar-refractivity contribution in [3.63, 3.8) is 0 Å². The van der Waals surface area contributed by atoms with E-state index in [2.05, 4.69) is 20.8 Å². The molecular formula is C19H31N3O3. The molecule has 0 aliphatic carbocycles. The van der Waals surface area contributed by atoms with Crippen molar-refractivity contribution in [1.82, 2.24) is 14.7 Å². The molecule has 0 bridgehead atoms. The van der Waals surface area contributed by atoms with Gasteiger partial charge in [0.2, 0.25) is 5.75 Å². The highest BCUT2D eigenvalue weighted by atomic mass is 16.5. The van der Waals surface area contributed by atoms with Gasteiger partial charge >= 0.3 is 0 Å². The molecule has 0 radical (unpaired) electrons. The van der Waals surface area contributed by atoms with Gasteiger partial charge in [0.05, 0.1) is 28.0 Å². The number of benzene rings is 1. The van der Waals surface area contributed by atoms with E-state index in [4.69, 9.17) is 14.2 Å². The van der Waals surface area contributed by atoms with Crippen LogP contribution in [0.5, 0.6) is 17.2 Å². The monoisotopic (exact) mass is 349 g/mol. The van der Waals surface area contributed by atoms with Crippen molar-refractivity contribution < 1.29 is 14.2 Å². The molecule has 0 N–H and O–H groups in total. The Kier molecular flexibility index (Phi) is 6.39. The predicted molar refractivity (Wildman–Crippen MR) is 98.6 cm³/mol. The van der Waals surface area contributed by atoms with Crippen molar-refractivity contribution >= 4 is 0 Å². The van der Waals surface area contributed by atoms with Crippen LogP contribution >= 0.6 is 0 Å². The van der Waals surface area contributed by atoms with Crippen molar-refractivity contribution in [1.29, 1.82) is 0 Å². The van der Waals surface area contributed by atoms with E-state index < -0.39 is 0 Å². The van der Waals surface area contributed by atoms with Crippen LogP contribution in [0.1, 0.15) is 18.4 Å². The van der Waals surface area contributed by atoms with Crippen LogP contribution in [0.3, 0.4) is 0 Å². The molecule has 1 aromatic carbocycles. The van der Waals surface area contributed by atoms with Crippen LogP contribution in [0.4, 0.5) is 0 Å².